The molecule has 0 radical (unpaired) electrons. The Labute approximate surface area is 492 Å². The van der Waals surface area contributed by atoms with Crippen molar-refractivity contribution in [3.63, 3.8) is 0 Å². The van der Waals surface area contributed by atoms with E-state index in [-0.39, 0.29) is 11.6 Å². The molecule has 42 heteroatoms. The lowest BCUT2D eigenvalue weighted by atomic mass is 10.1. The van der Waals surface area contributed by atoms with Crippen LogP contribution in [0, 0.1) is 0 Å². The van der Waals surface area contributed by atoms with Crippen LogP contribution in [0.15, 0.2) is 90.9 Å². The molecule has 0 unspecified atom stereocenters. The van der Waals surface area contributed by atoms with Gasteiger partial charge in [0.2, 0.25) is 0 Å². The predicted molar refractivity (Wildman–Crippen MR) is 288 cm³/mol. The predicted octanol–water partition coefficient (Wildman–Crippen LogP) is -12.5. The highest BCUT2D eigenvalue weighted by Gasteiger charge is 2.48. The number of anilines is 2. The molecule has 0 bridgehead atoms. The van der Waals surface area contributed by atoms with Crippen molar-refractivity contribution in [1.29, 1.82) is 0 Å². The first-order valence-electron chi connectivity index (χ1n) is 26.3. The minimum atomic E-state index is -1.35. The van der Waals surface area contributed by atoms with Gasteiger partial charge < -0.3 is 112 Å². The van der Waals surface area contributed by atoms with Crippen LogP contribution in [0.4, 0.5) is 11.6 Å². The fourth-order valence-electron chi connectivity index (χ4n) is 9.54. The standard InChI is InChI=1S/2C10H13N5O4.3C9H12N2O6/c2*11-8-5-9(13-2-12-8)15(3-14-5)10-7(18)6(17)4(1-16)19-10;3*12-3-4-6(14)7(15)8(17-4)11-2-1-5(13)10-9(11)16/h2*2-4,6-7,10,16-18H,1H2,(H2,11,12,13);3*1-2,4,6-8,12,14-15H,3H2,(H,10,13,16)/t2*4-,6-,7-,10-;3*4-,6-,7-,8-/m11111/s1. The van der Waals surface area contributed by atoms with Gasteiger partial charge in [0.25, 0.3) is 16.7 Å². The number of nitrogens with zero attached hydrogens (tertiary/aromatic N) is 11. The number of aromatic nitrogens is 14. The van der Waals surface area contributed by atoms with E-state index in [0.29, 0.717) is 22.3 Å². The van der Waals surface area contributed by atoms with Crippen LogP contribution in [-0.2, 0) is 23.7 Å². The van der Waals surface area contributed by atoms with E-state index >= 15 is 0 Å². The van der Waals surface area contributed by atoms with Gasteiger partial charge in [-0.2, -0.15) is 0 Å². The summed E-state index contributed by atoms with van der Waals surface area (Å²) in [6.45, 7) is -2.22. The first-order chi connectivity index (χ1) is 42.4. The molecule has 0 aromatic carbocycles. The van der Waals surface area contributed by atoms with E-state index in [1.54, 1.807) is 0 Å². The van der Waals surface area contributed by atoms with Gasteiger partial charge in [-0.25, -0.2) is 44.3 Å². The molecule has 5 aliphatic rings. The zero-order chi connectivity index (χ0) is 64.9. The van der Waals surface area contributed by atoms with Gasteiger partial charge in [-0.15, -0.1) is 0 Å². The third-order valence-electron chi connectivity index (χ3n) is 14.3. The van der Waals surface area contributed by atoms with Crippen LogP contribution < -0.4 is 45.2 Å². The topological polar surface area (TPSA) is 653 Å². The summed E-state index contributed by atoms with van der Waals surface area (Å²) >= 11 is 0. The Morgan fingerprint density at radius 2 is 0.596 bits per heavy atom. The number of imidazole rings is 2. The van der Waals surface area contributed by atoms with Crippen LogP contribution in [0.25, 0.3) is 22.3 Å². The van der Waals surface area contributed by atoms with Gasteiger partial charge in [-0.05, 0) is 0 Å². The number of aromatic amines is 3. The first-order valence-corrected chi connectivity index (χ1v) is 26.3. The number of aliphatic hydroxyl groups excluding tert-OH is 15. The molecular formula is C47H62N16O26. The number of nitrogen functional groups attached to an aromatic ring is 2. The normalized spacial score (nSPS) is 32.1. The number of nitrogens with one attached hydrogen (secondary N) is 3. The van der Waals surface area contributed by atoms with Crippen molar-refractivity contribution in [2.24, 2.45) is 0 Å². The number of rotatable bonds is 10. The first kappa shape index (κ1) is 66.9. The Bertz CT molecular complexity index is 3550. The molecule has 12 rings (SSSR count). The quantitative estimate of drug-likeness (QED) is 0.0605. The van der Waals surface area contributed by atoms with Crippen molar-refractivity contribution in [2.45, 2.75) is 123 Å². The summed E-state index contributed by atoms with van der Waals surface area (Å²) in [5.41, 5.74) is 8.90. The van der Waals surface area contributed by atoms with Crippen molar-refractivity contribution in [3.8, 4) is 0 Å². The molecule has 12 heterocycles. The second-order valence-electron chi connectivity index (χ2n) is 19.9. The Balaban J connectivity index is 0.000000144. The van der Waals surface area contributed by atoms with Gasteiger partial charge in [-0.3, -0.25) is 52.2 Å². The van der Waals surface area contributed by atoms with Gasteiger partial charge in [0.05, 0.1) is 45.7 Å². The molecule has 22 N–H and O–H groups in total. The minimum absolute atomic E-state index is 0.218. The summed E-state index contributed by atoms with van der Waals surface area (Å²) in [5, 5.41) is 142. The van der Waals surface area contributed by atoms with E-state index in [1.807, 2.05) is 15.0 Å². The van der Waals surface area contributed by atoms with Gasteiger partial charge in [-0.1, -0.05) is 0 Å². The second kappa shape index (κ2) is 28.6. The van der Waals surface area contributed by atoms with Crippen LogP contribution >= 0.6 is 0 Å². The molecule has 0 saturated carbocycles. The minimum Gasteiger partial charge on any atom is -0.394 e. The van der Waals surface area contributed by atoms with Crippen LogP contribution in [-0.4, -0.2) is 269 Å². The monoisotopic (exact) mass is 1270 g/mol. The maximum Gasteiger partial charge on any atom is 0.330 e. The average molecular weight is 1270 g/mol. The molecular weight excluding hydrogens is 1200 g/mol. The van der Waals surface area contributed by atoms with Gasteiger partial charge in [0, 0.05) is 36.8 Å². The van der Waals surface area contributed by atoms with Crippen LogP contribution in [0.3, 0.4) is 0 Å². The molecule has 20 atom stereocenters. The molecule has 0 aliphatic carbocycles. The fraction of sp³-hybridized carbons (Fsp3) is 0.532. The van der Waals surface area contributed by atoms with Crippen molar-refractivity contribution < 1.29 is 100 Å². The maximum atomic E-state index is 11.4. The number of H-pyrrole nitrogens is 3. The average Bonchev–Trinajstić information content (AvgIpc) is 1.83. The molecule has 486 valence electrons. The summed E-state index contributed by atoms with van der Waals surface area (Å²) in [4.78, 5) is 96.7. The summed E-state index contributed by atoms with van der Waals surface area (Å²) < 4.78 is 32.0. The molecule has 5 saturated heterocycles. The van der Waals surface area contributed by atoms with Crippen molar-refractivity contribution in [2.75, 3.05) is 44.5 Å². The van der Waals surface area contributed by atoms with Crippen molar-refractivity contribution >= 4 is 34.0 Å². The summed E-state index contributed by atoms with van der Waals surface area (Å²) in [7, 11) is 0. The molecule has 7 aromatic heterocycles. The number of nitrogens with two attached hydrogens (primary N) is 2. The third kappa shape index (κ3) is 13.9. The van der Waals surface area contributed by atoms with E-state index in [4.69, 9.17) is 60.7 Å². The molecule has 5 aliphatic heterocycles. The van der Waals surface area contributed by atoms with Crippen LogP contribution in [0.1, 0.15) is 31.1 Å². The highest BCUT2D eigenvalue weighted by atomic mass is 16.6. The lowest BCUT2D eigenvalue weighted by molar-refractivity contribution is -0.0550. The molecule has 89 heavy (non-hydrogen) atoms. The molecule has 0 spiro atoms. The zero-order valence-electron chi connectivity index (χ0n) is 45.6. The van der Waals surface area contributed by atoms with Gasteiger partial charge in [0.1, 0.15) is 115 Å². The van der Waals surface area contributed by atoms with E-state index in [9.17, 15) is 79.8 Å². The lowest BCUT2D eigenvalue weighted by Crippen LogP contribution is -2.37. The highest BCUT2D eigenvalue weighted by molar-refractivity contribution is 5.81. The maximum absolute atomic E-state index is 11.4. The Hall–Kier alpha value is -8.06. The van der Waals surface area contributed by atoms with E-state index < -0.39 is 189 Å². The third-order valence-corrected chi connectivity index (χ3v) is 14.3. The highest BCUT2D eigenvalue weighted by Crippen LogP contribution is 2.34. The van der Waals surface area contributed by atoms with Gasteiger partial charge in [0.15, 0.2) is 54.1 Å². The number of aliphatic hydroxyl groups is 15. The number of hydrogen-bond donors (Lipinski definition) is 20. The zero-order valence-corrected chi connectivity index (χ0v) is 45.6. The van der Waals surface area contributed by atoms with Crippen LogP contribution in [0.2, 0.25) is 0 Å². The SMILES string of the molecule is Nc1ncnc2c1ncn2[C@@H]1O[C@H](CO)[C@@H](O)[C@H]1O.Nc1ncnc2c1ncn2[C@@H]1O[C@H](CO)[C@@H](O)[C@H]1O.O=c1ccn([C@@H]2O[C@H](CO)[C@@H](O)[C@H]2O)c(=O)[nH]1.O=c1ccn([C@@H]2O[C@H](CO)[C@@H](O)[C@H]2O)c(=O)[nH]1.O=c1ccn([C@@H]2O[C@H](CO)[C@@H](O)[C@H]2O)c(=O)[nH]1. The summed E-state index contributed by atoms with van der Waals surface area (Å²) in [6.07, 6.45) is -13.6. The fourth-order valence-corrected chi connectivity index (χ4v) is 9.54. The van der Waals surface area contributed by atoms with Crippen LogP contribution in [0.5, 0.6) is 0 Å². The Morgan fingerprint density at radius 3 is 0.809 bits per heavy atom. The smallest absolute Gasteiger partial charge is 0.330 e. The Morgan fingerprint density at radius 1 is 0.360 bits per heavy atom. The van der Waals surface area contributed by atoms with Crippen molar-refractivity contribution in [1.82, 2.24) is 67.7 Å². The molecule has 5 fully saturated rings. The second-order valence-corrected chi connectivity index (χ2v) is 19.9. The molecule has 42 nitrogen and oxygen atoms in total. The summed E-state index contributed by atoms with van der Waals surface area (Å²) in [6, 6.07) is 3.28. The lowest BCUT2D eigenvalue weighted by Gasteiger charge is -2.16. The molecule has 7 aromatic rings. The molecule has 0 amide bonds. The van der Waals surface area contributed by atoms with Gasteiger partial charge >= 0.3 is 17.1 Å². The van der Waals surface area contributed by atoms with E-state index in [0.717, 1.165) is 50.5 Å². The number of hydrogen-bond acceptors (Lipinski definition) is 34. The number of ether oxygens (including phenoxy) is 5. The van der Waals surface area contributed by atoms with Crippen molar-refractivity contribution in [3.05, 3.63) is 125 Å². The number of fused-ring (bicyclic) bond motifs is 2. The summed E-state index contributed by atoms with van der Waals surface area (Å²) in [5.74, 6) is 0.436. The Kier molecular flexibility index (Phi) is 21.5. The largest absolute Gasteiger partial charge is 0.394 e. The van der Waals surface area contributed by atoms with E-state index in [2.05, 4.69) is 29.9 Å². The van der Waals surface area contributed by atoms with E-state index in [1.165, 1.54) is 34.4 Å².